The molecule has 0 spiro atoms. The van der Waals surface area contributed by atoms with E-state index >= 15 is 0 Å². The Balaban J connectivity index is 1.39. The van der Waals surface area contributed by atoms with Gasteiger partial charge in [0.15, 0.2) is 0 Å². The van der Waals surface area contributed by atoms with Crippen molar-refractivity contribution in [2.75, 3.05) is 32.7 Å². The van der Waals surface area contributed by atoms with Gasteiger partial charge in [0.2, 0.25) is 0 Å². The van der Waals surface area contributed by atoms with Crippen molar-refractivity contribution in [3.63, 3.8) is 0 Å². The molecule has 1 aliphatic heterocycles. The number of hydrogen-bond donors (Lipinski definition) is 0. The maximum absolute atomic E-state index is 12.8. The van der Waals surface area contributed by atoms with Crippen LogP contribution in [-0.2, 0) is 17.5 Å². The zero-order valence-electron chi connectivity index (χ0n) is 19.0. The molecule has 1 fully saturated rings. The van der Waals surface area contributed by atoms with Crippen molar-refractivity contribution in [2.45, 2.75) is 25.8 Å². The number of aryl methyl sites for hydroxylation is 1. The molecule has 4 rings (SSSR count). The zero-order chi connectivity index (χ0) is 25.0. The van der Waals surface area contributed by atoms with Crippen molar-refractivity contribution >= 4 is 29.0 Å². The maximum Gasteiger partial charge on any atom is 0.416 e. The first-order chi connectivity index (χ1) is 16.7. The SMILES string of the molecule is Cc1nnsc1C(=O)N1CCN(C[C@H](OCc2ccc(C(F)(F)F)cc2)c2ccc(Cl)cc2)CC1. The third-order valence-electron chi connectivity index (χ3n) is 5.90. The van der Waals surface area contributed by atoms with E-state index in [2.05, 4.69) is 14.5 Å². The lowest BCUT2D eigenvalue weighted by Gasteiger charge is -2.36. The lowest BCUT2D eigenvalue weighted by atomic mass is 10.1. The van der Waals surface area contributed by atoms with Gasteiger partial charge in [-0.25, -0.2) is 0 Å². The summed E-state index contributed by atoms with van der Waals surface area (Å²) in [5, 5.41) is 4.52. The number of halogens is 4. The van der Waals surface area contributed by atoms with Gasteiger partial charge in [0, 0.05) is 37.7 Å². The number of ether oxygens (including phenoxy) is 1. The minimum absolute atomic E-state index is 0.0510. The number of carbonyl (C=O) groups is 1. The van der Waals surface area contributed by atoms with Crippen LogP contribution in [0.5, 0.6) is 0 Å². The minimum Gasteiger partial charge on any atom is -0.368 e. The van der Waals surface area contributed by atoms with Gasteiger partial charge in [-0.05, 0) is 53.8 Å². The largest absolute Gasteiger partial charge is 0.416 e. The molecule has 186 valence electrons. The summed E-state index contributed by atoms with van der Waals surface area (Å²) in [5.74, 6) is -0.0510. The molecule has 3 aromatic rings. The van der Waals surface area contributed by atoms with E-state index < -0.39 is 11.7 Å². The lowest BCUT2D eigenvalue weighted by molar-refractivity contribution is -0.137. The normalized spacial score (nSPS) is 15.9. The Morgan fingerprint density at radius 1 is 1.09 bits per heavy atom. The molecule has 0 bridgehead atoms. The summed E-state index contributed by atoms with van der Waals surface area (Å²) in [6.45, 7) is 5.00. The molecule has 1 amide bonds. The molecule has 2 aromatic carbocycles. The van der Waals surface area contributed by atoms with Crippen molar-refractivity contribution in [1.82, 2.24) is 19.4 Å². The van der Waals surface area contributed by atoms with Crippen molar-refractivity contribution < 1.29 is 22.7 Å². The fourth-order valence-corrected chi connectivity index (χ4v) is 4.61. The third kappa shape index (κ3) is 6.58. The van der Waals surface area contributed by atoms with Gasteiger partial charge in [-0.2, -0.15) is 13.2 Å². The number of benzene rings is 2. The second kappa shape index (κ2) is 11.0. The highest BCUT2D eigenvalue weighted by molar-refractivity contribution is 7.07. The Hall–Kier alpha value is -2.53. The van der Waals surface area contributed by atoms with E-state index in [1.165, 1.54) is 12.1 Å². The first-order valence-corrected chi connectivity index (χ1v) is 12.2. The summed E-state index contributed by atoms with van der Waals surface area (Å²) in [5.41, 5.74) is 1.53. The summed E-state index contributed by atoms with van der Waals surface area (Å²) >= 11 is 7.15. The van der Waals surface area contributed by atoms with Crippen LogP contribution >= 0.6 is 23.1 Å². The highest BCUT2D eigenvalue weighted by Crippen LogP contribution is 2.30. The quantitative estimate of drug-likeness (QED) is 0.423. The maximum atomic E-state index is 12.8. The topological polar surface area (TPSA) is 58.6 Å². The number of hydrogen-bond acceptors (Lipinski definition) is 6. The van der Waals surface area contributed by atoms with Gasteiger partial charge < -0.3 is 9.64 Å². The number of aromatic nitrogens is 2. The van der Waals surface area contributed by atoms with Crippen LogP contribution in [0.4, 0.5) is 13.2 Å². The Morgan fingerprint density at radius 2 is 1.74 bits per heavy atom. The molecule has 0 N–H and O–H groups in total. The first-order valence-electron chi connectivity index (χ1n) is 11.0. The van der Waals surface area contributed by atoms with E-state index in [9.17, 15) is 18.0 Å². The number of alkyl halides is 3. The predicted molar refractivity (Wildman–Crippen MR) is 127 cm³/mol. The molecule has 11 heteroatoms. The van der Waals surface area contributed by atoms with Crippen LogP contribution in [0.2, 0.25) is 5.02 Å². The van der Waals surface area contributed by atoms with Crippen LogP contribution in [0.3, 0.4) is 0 Å². The number of nitrogens with zero attached hydrogens (tertiary/aromatic N) is 4. The van der Waals surface area contributed by atoms with Gasteiger partial charge in [0.1, 0.15) is 4.88 Å². The molecule has 1 aromatic heterocycles. The Morgan fingerprint density at radius 3 is 2.31 bits per heavy atom. The van der Waals surface area contributed by atoms with E-state index in [1.54, 1.807) is 24.0 Å². The van der Waals surface area contributed by atoms with Crippen molar-refractivity contribution in [3.05, 3.63) is 80.8 Å². The highest BCUT2D eigenvalue weighted by atomic mass is 35.5. The molecule has 0 saturated carbocycles. The van der Waals surface area contributed by atoms with Gasteiger partial charge in [0.25, 0.3) is 5.91 Å². The first kappa shape index (κ1) is 25.6. The number of carbonyl (C=O) groups excluding carboxylic acids is 1. The summed E-state index contributed by atoms with van der Waals surface area (Å²) in [6.07, 6.45) is -4.69. The standard InChI is InChI=1S/C24H24ClF3N4O2S/c1-16-22(35-30-29-16)23(33)32-12-10-31(11-13-32)14-21(18-4-8-20(25)9-5-18)34-15-17-2-6-19(7-3-17)24(26,27)28/h2-9,21H,10-15H2,1H3/t21-/m0/s1. The summed E-state index contributed by atoms with van der Waals surface area (Å²) in [6, 6.07) is 12.3. The number of piperazine rings is 1. The Kier molecular flexibility index (Phi) is 8.05. The number of rotatable bonds is 7. The zero-order valence-corrected chi connectivity index (χ0v) is 20.5. The Labute approximate surface area is 210 Å². The van der Waals surface area contributed by atoms with Crippen molar-refractivity contribution in [1.29, 1.82) is 0 Å². The molecule has 1 saturated heterocycles. The van der Waals surface area contributed by atoms with Gasteiger partial charge in [-0.1, -0.05) is 40.4 Å². The smallest absolute Gasteiger partial charge is 0.368 e. The van der Waals surface area contributed by atoms with Crippen LogP contribution in [0.25, 0.3) is 0 Å². The van der Waals surface area contributed by atoms with Gasteiger partial charge >= 0.3 is 6.18 Å². The van der Waals surface area contributed by atoms with Crippen LogP contribution < -0.4 is 0 Å². The molecule has 0 radical (unpaired) electrons. The molecule has 1 aliphatic rings. The monoisotopic (exact) mass is 524 g/mol. The van der Waals surface area contributed by atoms with E-state index in [4.69, 9.17) is 16.3 Å². The summed E-state index contributed by atoms with van der Waals surface area (Å²) < 4.78 is 48.6. The van der Waals surface area contributed by atoms with Gasteiger partial charge in [-0.15, -0.1) is 5.10 Å². The summed E-state index contributed by atoms with van der Waals surface area (Å²) in [4.78, 5) is 17.3. The molecule has 2 heterocycles. The summed E-state index contributed by atoms with van der Waals surface area (Å²) in [7, 11) is 0. The second-order valence-electron chi connectivity index (χ2n) is 8.33. The van der Waals surface area contributed by atoms with Gasteiger partial charge in [-0.3, -0.25) is 9.69 Å². The van der Waals surface area contributed by atoms with Crippen LogP contribution in [0.15, 0.2) is 48.5 Å². The predicted octanol–water partition coefficient (Wildman–Crippen LogP) is 5.23. The van der Waals surface area contributed by atoms with E-state index in [0.29, 0.717) is 53.9 Å². The van der Waals surface area contributed by atoms with E-state index in [-0.39, 0.29) is 18.6 Å². The molecular formula is C24H24ClF3N4O2S. The molecule has 0 aliphatic carbocycles. The Bertz CT molecular complexity index is 1130. The van der Waals surface area contributed by atoms with Crippen LogP contribution in [0, 0.1) is 6.92 Å². The van der Waals surface area contributed by atoms with Crippen molar-refractivity contribution in [2.24, 2.45) is 0 Å². The molecule has 35 heavy (non-hydrogen) atoms. The van der Waals surface area contributed by atoms with E-state index in [0.717, 1.165) is 29.2 Å². The van der Waals surface area contributed by atoms with Crippen molar-refractivity contribution in [3.8, 4) is 0 Å². The van der Waals surface area contributed by atoms with Gasteiger partial charge in [0.05, 0.1) is 24.0 Å². The minimum atomic E-state index is -4.37. The average Bonchev–Trinajstić information content (AvgIpc) is 3.28. The lowest BCUT2D eigenvalue weighted by Crippen LogP contribution is -2.49. The van der Waals surface area contributed by atoms with E-state index in [1.807, 2.05) is 12.1 Å². The highest BCUT2D eigenvalue weighted by Gasteiger charge is 2.30. The molecule has 6 nitrogen and oxygen atoms in total. The number of amides is 1. The van der Waals surface area contributed by atoms with Crippen LogP contribution in [0.1, 0.15) is 38.2 Å². The fourth-order valence-electron chi connectivity index (χ4n) is 3.86. The molecule has 0 unspecified atom stereocenters. The van der Waals surface area contributed by atoms with Crippen LogP contribution in [-0.4, -0.2) is 58.0 Å². The second-order valence-corrected chi connectivity index (χ2v) is 9.52. The fraction of sp³-hybridized carbons (Fsp3) is 0.375. The molecular weight excluding hydrogens is 501 g/mol. The average molecular weight is 525 g/mol. The molecule has 1 atom stereocenters. The third-order valence-corrected chi connectivity index (χ3v) is 6.97.